The number of aryl methyl sites for hydroxylation is 1. The van der Waals surface area contributed by atoms with Gasteiger partial charge in [0, 0.05) is 17.4 Å². The third-order valence-corrected chi connectivity index (χ3v) is 4.59. The van der Waals surface area contributed by atoms with Gasteiger partial charge >= 0.3 is 5.63 Å². The van der Waals surface area contributed by atoms with Crippen molar-refractivity contribution in [3.63, 3.8) is 0 Å². The van der Waals surface area contributed by atoms with Gasteiger partial charge < -0.3 is 14.6 Å². The molecular weight excluding hydrogens is 324 g/mol. The van der Waals surface area contributed by atoms with Crippen molar-refractivity contribution in [2.75, 3.05) is 5.75 Å². The minimum absolute atomic E-state index is 0.0904. The molecule has 1 heterocycles. The normalized spacial score (nSPS) is 10.7. The molecule has 0 saturated heterocycles. The van der Waals surface area contributed by atoms with E-state index in [0.29, 0.717) is 11.3 Å². The molecule has 3 rings (SSSR count). The summed E-state index contributed by atoms with van der Waals surface area (Å²) in [7, 11) is 0. The summed E-state index contributed by atoms with van der Waals surface area (Å²) in [5.41, 5.74) is 1.23. The van der Waals surface area contributed by atoms with Gasteiger partial charge in [0.15, 0.2) is 0 Å². The van der Waals surface area contributed by atoms with Gasteiger partial charge in [0.2, 0.25) is 0 Å². The molecule has 0 aliphatic heterocycles. The van der Waals surface area contributed by atoms with Crippen LogP contribution in [0.5, 0.6) is 11.5 Å². The Morgan fingerprint density at radius 2 is 1.67 bits per heavy atom. The van der Waals surface area contributed by atoms with E-state index in [1.165, 1.54) is 35.5 Å². The highest BCUT2D eigenvalue weighted by Gasteiger charge is 2.13. The molecule has 5 heteroatoms. The quantitative estimate of drug-likeness (QED) is 0.686. The molecule has 4 nitrogen and oxygen atoms in total. The van der Waals surface area contributed by atoms with Crippen molar-refractivity contribution in [3.8, 4) is 22.8 Å². The number of phenolic OH excluding ortho intramolecular Hbond substituents is 1. The average Bonchev–Trinajstić information content (AvgIpc) is 2.59. The summed E-state index contributed by atoms with van der Waals surface area (Å²) in [4.78, 5) is 12.4. The Labute approximate surface area is 143 Å². The van der Waals surface area contributed by atoms with Gasteiger partial charge in [0.25, 0.3) is 0 Å². The summed E-state index contributed by atoms with van der Waals surface area (Å²) in [5.74, 6) is 0.969. The van der Waals surface area contributed by atoms with E-state index in [0.717, 1.165) is 6.42 Å². The number of hydrogen-bond donors (Lipinski definition) is 2. The Morgan fingerprint density at radius 3 is 2.33 bits per heavy atom. The third kappa shape index (κ3) is 3.81. The Kier molecular flexibility index (Phi) is 4.91. The second-order valence-corrected chi connectivity index (χ2v) is 6.35. The van der Waals surface area contributed by atoms with Crippen molar-refractivity contribution >= 4 is 11.8 Å². The van der Waals surface area contributed by atoms with Gasteiger partial charge in [-0.2, -0.15) is 0 Å². The fourth-order valence-electron chi connectivity index (χ4n) is 2.29. The number of benzene rings is 2. The molecule has 0 atom stereocenters. The summed E-state index contributed by atoms with van der Waals surface area (Å²) < 4.78 is 5.30. The van der Waals surface area contributed by atoms with E-state index in [4.69, 9.17) is 4.42 Å². The van der Waals surface area contributed by atoms with Gasteiger partial charge in [-0.25, -0.2) is 4.79 Å². The SMILES string of the molecule is O=c1oc(-c2ccc(O)cc2)cc(O)c1SCCc1ccccc1. The molecule has 0 saturated carbocycles. The van der Waals surface area contributed by atoms with E-state index in [9.17, 15) is 15.0 Å². The van der Waals surface area contributed by atoms with Crippen LogP contribution in [-0.4, -0.2) is 16.0 Å². The second kappa shape index (κ2) is 7.27. The zero-order valence-corrected chi connectivity index (χ0v) is 13.6. The first-order valence-corrected chi connectivity index (χ1v) is 8.45. The first kappa shape index (κ1) is 16.2. The van der Waals surface area contributed by atoms with Crippen molar-refractivity contribution in [1.82, 2.24) is 0 Å². The van der Waals surface area contributed by atoms with Crippen LogP contribution in [0.2, 0.25) is 0 Å². The number of phenols is 1. The molecule has 2 N–H and O–H groups in total. The van der Waals surface area contributed by atoms with Gasteiger partial charge in [-0.15, -0.1) is 11.8 Å². The highest BCUT2D eigenvalue weighted by Crippen LogP contribution is 2.30. The maximum atomic E-state index is 12.1. The number of thioether (sulfide) groups is 1. The summed E-state index contributed by atoms with van der Waals surface area (Å²) in [6, 6.07) is 17.6. The fraction of sp³-hybridized carbons (Fsp3) is 0.105. The topological polar surface area (TPSA) is 70.7 Å². The van der Waals surface area contributed by atoms with Crippen LogP contribution in [0, 0.1) is 0 Å². The monoisotopic (exact) mass is 340 g/mol. The minimum Gasteiger partial charge on any atom is -0.508 e. The van der Waals surface area contributed by atoms with Gasteiger partial charge in [-0.05, 0) is 36.2 Å². The summed E-state index contributed by atoms with van der Waals surface area (Å²) >= 11 is 1.28. The lowest BCUT2D eigenvalue weighted by Crippen LogP contribution is -2.04. The molecule has 24 heavy (non-hydrogen) atoms. The lowest BCUT2D eigenvalue weighted by Gasteiger charge is -2.06. The van der Waals surface area contributed by atoms with E-state index >= 15 is 0 Å². The zero-order chi connectivity index (χ0) is 16.9. The average molecular weight is 340 g/mol. The zero-order valence-electron chi connectivity index (χ0n) is 12.8. The van der Waals surface area contributed by atoms with Gasteiger partial charge in [-0.1, -0.05) is 30.3 Å². The van der Waals surface area contributed by atoms with E-state index < -0.39 is 5.63 Å². The first-order valence-electron chi connectivity index (χ1n) is 7.47. The van der Waals surface area contributed by atoms with Crippen LogP contribution < -0.4 is 5.63 Å². The largest absolute Gasteiger partial charge is 0.508 e. The van der Waals surface area contributed by atoms with E-state index in [2.05, 4.69) is 0 Å². The van der Waals surface area contributed by atoms with E-state index in [1.54, 1.807) is 12.1 Å². The Balaban J connectivity index is 1.75. The molecule has 0 unspecified atom stereocenters. The summed E-state index contributed by atoms with van der Waals surface area (Å²) in [5, 5.41) is 19.5. The van der Waals surface area contributed by atoms with Crippen molar-refractivity contribution < 1.29 is 14.6 Å². The molecule has 1 aromatic heterocycles. The molecule has 122 valence electrons. The van der Waals surface area contributed by atoms with E-state index in [-0.39, 0.29) is 22.2 Å². The Hall–Kier alpha value is -2.66. The molecule has 0 aliphatic rings. The number of hydrogen-bond acceptors (Lipinski definition) is 5. The highest BCUT2D eigenvalue weighted by atomic mass is 32.2. The summed E-state index contributed by atoms with van der Waals surface area (Å²) in [6.07, 6.45) is 0.796. The smallest absolute Gasteiger partial charge is 0.353 e. The Morgan fingerprint density at radius 1 is 0.958 bits per heavy atom. The maximum Gasteiger partial charge on any atom is 0.353 e. The molecule has 0 aliphatic carbocycles. The van der Waals surface area contributed by atoms with E-state index in [1.807, 2.05) is 30.3 Å². The van der Waals surface area contributed by atoms with Crippen LogP contribution in [0.1, 0.15) is 5.56 Å². The second-order valence-electron chi connectivity index (χ2n) is 5.24. The molecule has 0 fully saturated rings. The van der Waals surface area contributed by atoms with Crippen molar-refractivity contribution in [2.45, 2.75) is 11.3 Å². The predicted octanol–water partition coefficient (Wildman–Crippen LogP) is 4.05. The Bertz CT molecular complexity index is 870. The fourth-order valence-corrected chi connectivity index (χ4v) is 3.19. The molecule has 0 spiro atoms. The molecule has 0 bridgehead atoms. The molecular formula is C19H16O4S. The molecule has 0 radical (unpaired) electrons. The standard InChI is InChI=1S/C19H16O4S/c20-15-8-6-14(7-9-15)17-12-16(21)18(19(22)23-17)24-11-10-13-4-2-1-3-5-13/h1-9,12,20-21H,10-11H2. The molecule has 3 aromatic rings. The van der Waals surface area contributed by atoms with Crippen LogP contribution in [-0.2, 0) is 6.42 Å². The lowest BCUT2D eigenvalue weighted by atomic mass is 10.1. The molecule has 0 amide bonds. The lowest BCUT2D eigenvalue weighted by molar-refractivity contribution is 0.430. The molecule has 2 aromatic carbocycles. The number of rotatable bonds is 5. The van der Waals surface area contributed by atoms with Crippen LogP contribution in [0.4, 0.5) is 0 Å². The maximum absolute atomic E-state index is 12.1. The third-order valence-electron chi connectivity index (χ3n) is 3.52. The van der Waals surface area contributed by atoms with Crippen LogP contribution in [0.15, 0.2) is 74.8 Å². The van der Waals surface area contributed by atoms with Gasteiger partial charge in [0.05, 0.1) is 0 Å². The van der Waals surface area contributed by atoms with Crippen molar-refractivity contribution in [3.05, 3.63) is 76.6 Å². The van der Waals surface area contributed by atoms with Crippen molar-refractivity contribution in [2.24, 2.45) is 0 Å². The van der Waals surface area contributed by atoms with Crippen molar-refractivity contribution in [1.29, 1.82) is 0 Å². The van der Waals surface area contributed by atoms with Gasteiger partial charge in [0.1, 0.15) is 22.2 Å². The predicted molar refractivity (Wildman–Crippen MR) is 94.6 cm³/mol. The highest BCUT2D eigenvalue weighted by molar-refractivity contribution is 7.99. The van der Waals surface area contributed by atoms with Crippen LogP contribution >= 0.6 is 11.8 Å². The van der Waals surface area contributed by atoms with Crippen LogP contribution in [0.25, 0.3) is 11.3 Å². The first-order chi connectivity index (χ1) is 11.6. The number of aromatic hydroxyl groups is 2. The summed E-state index contributed by atoms with van der Waals surface area (Å²) in [6.45, 7) is 0. The van der Waals surface area contributed by atoms with Gasteiger partial charge in [-0.3, -0.25) is 0 Å². The minimum atomic E-state index is -0.559. The van der Waals surface area contributed by atoms with Crippen LogP contribution in [0.3, 0.4) is 0 Å².